The first-order chi connectivity index (χ1) is 12.3. The lowest BCUT2D eigenvalue weighted by Crippen LogP contribution is -1.91. The van der Waals surface area contributed by atoms with Crippen LogP contribution in [0.5, 0.6) is 0 Å². The van der Waals surface area contributed by atoms with Gasteiger partial charge in [-0.25, -0.2) is 10.4 Å². The van der Waals surface area contributed by atoms with Crippen LogP contribution < -0.4 is 5.43 Å². The van der Waals surface area contributed by atoms with E-state index in [-0.39, 0.29) is 5.69 Å². The molecule has 2 rings (SSSR count). The molecular formula is C20H26N4O. The highest BCUT2D eigenvalue weighted by Gasteiger charge is 2.12. The zero-order chi connectivity index (χ0) is 17.9. The standard InChI is InChI=1S/C20H26N4O/c1-3-5-6-7-8-9-19-23-18(14-21)20(25-19)24-22-15-17-12-10-16(4-2)11-13-17/h10-13,15,24H,3-9H2,1-2H3/b22-15-. The molecule has 0 unspecified atom stereocenters. The Kier molecular flexibility index (Phi) is 7.71. The molecule has 0 aliphatic rings. The van der Waals surface area contributed by atoms with E-state index in [9.17, 15) is 5.26 Å². The summed E-state index contributed by atoms with van der Waals surface area (Å²) in [5.74, 6) is 0.908. The lowest BCUT2D eigenvalue weighted by molar-refractivity contribution is 0.488. The molecule has 0 spiro atoms. The Morgan fingerprint density at radius 2 is 1.92 bits per heavy atom. The summed E-state index contributed by atoms with van der Waals surface area (Å²) in [6, 6.07) is 10.2. The number of hydrogen-bond acceptors (Lipinski definition) is 5. The van der Waals surface area contributed by atoms with Gasteiger partial charge < -0.3 is 4.42 Å². The van der Waals surface area contributed by atoms with Crippen molar-refractivity contribution >= 4 is 12.1 Å². The normalized spacial score (nSPS) is 10.9. The van der Waals surface area contributed by atoms with E-state index in [0.29, 0.717) is 11.8 Å². The van der Waals surface area contributed by atoms with E-state index < -0.39 is 0 Å². The number of benzene rings is 1. The lowest BCUT2D eigenvalue weighted by atomic mass is 10.1. The Morgan fingerprint density at radius 3 is 2.60 bits per heavy atom. The van der Waals surface area contributed by atoms with Crippen molar-refractivity contribution in [3.05, 3.63) is 47.0 Å². The highest BCUT2D eigenvalue weighted by molar-refractivity contribution is 5.80. The summed E-state index contributed by atoms with van der Waals surface area (Å²) in [6.45, 7) is 4.32. The average molecular weight is 338 g/mol. The van der Waals surface area contributed by atoms with Gasteiger partial charge in [-0.2, -0.15) is 10.4 Å². The molecule has 1 aromatic heterocycles. The molecule has 25 heavy (non-hydrogen) atoms. The molecule has 1 heterocycles. The van der Waals surface area contributed by atoms with Crippen LogP contribution in [0.4, 0.5) is 5.88 Å². The first-order valence-electron chi connectivity index (χ1n) is 9.04. The number of aryl methyl sites for hydroxylation is 2. The predicted molar refractivity (Wildman–Crippen MR) is 101 cm³/mol. The minimum absolute atomic E-state index is 0.252. The SMILES string of the molecule is CCCCCCCc1nc(C#N)c(N/N=C\c2ccc(CC)cc2)o1. The van der Waals surface area contributed by atoms with Gasteiger partial charge >= 0.3 is 0 Å². The molecule has 0 aliphatic heterocycles. The fourth-order valence-corrected chi connectivity index (χ4v) is 2.51. The molecule has 1 aromatic carbocycles. The average Bonchev–Trinajstić information content (AvgIpc) is 3.04. The van der Waals surface area contributed by atoms with Crippen molar-refractivity contribution < 1.29 is 4.42 Å². The van der Waals surface area contributed by atoms with Gasteiger partial charge in [-0.05, 0) is 24.0 Å². The molecule has 132 valence electrons. The number of unbranched alkanes of at least 4 members (excludes halogenated alkanes) is 4. The van der Waals surface area contributed by atoms with Crippen LogP contribution in [0.15, 0.2) is 33.8 Å². The van der Waals surface area contributed by atoms with Crippen molar-refractivity contribution in [2.75, 3.05) is 5.43 Å². The van der Waals surface area contributed by atoms with Crippen molar-refractivity contribution in [1.29, 1.82) is 5.26 Å². The summed E-state index contributed by atoms with van der Waals surface area (Å²) in [4.78, 5) is 4.23. The second kappa shape index (κ2) is 10.3. The zero-order valence-electron chi connectivity index (χ0n) is 15.1. The minimum Gasteiger partial charge on any atom is -0.422 e. The van der Waals surface area contributed by atoms with Gasteiger partial charge in [0.05, 0.1) is 6.21 Å². The number of hydrazone groups is 1. The maximum Gasteiger partial charge on any atom is 0.252 e. The van der Waals surface area contributed by atoms with Crippen molar-refractivity contribution in [2.24, 2.45) is 5.10 Å². The van der Waals surface area contributed by atoms with Crippen LogP contribution in [-0.4, -0.2) is 11.2 Å². The number of nitriles is 1. The van der Waals surface area contributed by atoms with Gasteiger partial charge in [0.25, 0.3) is 5.88 Å². The monoisotopic (exact) mass is 338 g/mol. The molecule has 0 radical (unpaired) electrons. The van der Waals surface area contributed by atoms with E-state index in [2.05, 4.69) is 41.5 Å². The molecule has 1 N–H and O–H groups in total. The second-order valence-electron chi connectivity index (χ2n) is 6.03. The predicted octanol–water partition coefficient (Wildman–Crippen LogP) is 5.07. The van der Waals surface area contributed by atoms with Crippen LogP contribution in [-0.2, 0) is 12.8 Å². The number of nitrogens with zero attached hydrogens (tertiary/aromatic N) is 3. The van der Waals surface area contributed by atoms with Gasteiger partial charge in [-0.3, -0.25) is 0 Å². The summed E-state index contributed by atoms with van der Waals surface area (Å²) in [5.41, 5.74) is 5.31. The van der Waals surface area contributed by atoms with Crippen LogP contribution in [0.3, 0.4) is 0 Å². The molecule has 0 saturated heterocycles. The van der Waals surface area contributed by atoms with Crippen LogP contribution >= 0.6 is 0 Å². The van der Waals surface area contributed by atoms with Gasteiger partial charge in [0.2, 0.25) is 5.69 Å². The van der Waals surface area contributed by atoms with Crippen LogP contribution in [0.1, 0.15) is 68.7 Å². The van der Waals surface area contributed by atoms with Crippen molar-refractivity contribution in [3.63, 3.8) is 0 Å². The maximum atomic E-state index is 9.18. The van der Waals surface area contributed by atoms with E-state index in [0.717, 1.165) is 31.2 Å². The van der Waals surface area contributed by atoms with Gasteiger partial charge in [0, 0.05) is 6.42 Å². The first kappa shape index (κ1) is 18.7. The summed E-state index contributed by atoms with van der Waals surface area (Å²) in [5, 5.41) is 13.3. The fourth-order valence-electron chi connectivity index (χ4n) is 2.51. The van der Waals surface area contributed by atoms with E-state index >= 15 is 0 Å². The molecular weight excluding hydrogens is 312 g/mol. The Bertz CT molecular complexity index is 710. The van der Waals surface area contributed by atoms with Crippen molar-refractivity contribution in [3.8, 4) is 6.07 Å². The topological polar surface area (TPSA) is 74.2 Å². The molecule has 5 heteroatoms. The van der Waals surface area contributed by atoms with Crippen molar-refractivity contribution in [2.45, 2.75) is 58.8 Å². The third-order valence-corrected chi connectivity index (χ3v) is 4.04. The molecule has 0 bridgehead atoms. The van der Waals surface area contributed by atoms with E-state index in [1.807, 2.05) is 18.2 Å². The highest BCUT2D eigenvalue weighted by atomic mass is 16.4. The van der Waals surface area contributed by atoms with Crippen molar-refractivity contribution in [1.82, 2.24) is 4.98 Å². The molecule has 5 nitrogen and oxygen atoms in total. The van der Waals surface area contributed by atoms with E-state index in [4.69, 9.17) is 4.42 Å². The first-order valence-corrected chi connectivity index (χ1v) is 9.04. The summed E-state index contributed by atoms with van der Waals surface area (Å²) < 4.78 is 5.63. The summed E-state index contributed by atoms with van der Waals surface area (Å²) in [6.07, 6.45) is 9.37. The fraction of sp³-hybridized carbons (Fsp3) is 0.450. The Hall–Kier alpha value is -2.61. The number of hydrogen-bond donors (Lipinski definition) is 1. The molecule has 0 aliphatic carbocycles. The molecule has 0 amide bonds. The van der Waals surface area contributed by atoms with Crippen LogP contribution in [0.25, 0.3) is 0 Å². The lowest BCUT2D eigenvalue weighted by Gasteiger charge is -1.98. The summed E-state index contributed by atoms with van der Waals surface area (Å²) in [7, 11) is 0. The molecule has 0 atom stereocenters. The molecule has 0 saturated carbocycles. The van der Waals surface area contributed by atoms with Gasteiger partial charge in [0.15, 0.2) is 5.89 Å². The smallest absolute Gasteiger partial charge is 0.252 e. The van der Waals surface area contributed by atoms with Crippen LogP contribution in [0.2, 0.25) is 0 Å². The van der Waals surface area contributed by atoms with Gasteiger partial charge in [0.1, 0.15) is 6.07 Å². The largest absolute Gasteiger partial charge is 0.422 e. The van der Waals surface area contributed by atoms with E-state index in [1.165, 1.54) is 24.8 Å². The second-order valence-corrected chi connectivity index (χ2v) is 6.03. The summed E-state index contributed by atoms with van der Waals surface area (Å²) >= 11 is 0. The number of nitrogens with one attached hydrogen (secondary N) is 1. The Balaban J connectivity index is 1.89. The molecule has 0 fully saturated rings. The minimum atomic E-state index is 0.252. The number of aromatic nitrogens is 1. The third kappa shape index (κ3) is 6.07. The highest BCUT2D eigenvalue weighted by Crippen LogP contribution is 2.18. The van der Waals surface area contributed by atoms with E-state index in [1.54, 1.807) is 6.21 Å². The van der Waals surface area contributed by atoms with Gasteiger partial charge in [-0.1, -0.05) is 63.8 Å². The zero-order valence-corrected chi connectivity index (χ0v) is 15.1. The maximum absolute atomic E-state index is 9.18. The number of oxazole rings is 1. The number of anilines is 1. The Labute approximate surface area is 149 Å². The number of rotatable bonds is 10. The third-order valence-electron chi connectivity index (χ3n) is 4.04. The Morgan fingerprint density at radius 1 is 1.16 bits per heavy atom. The molecule has 2 aromatic rings. The quantitative estimate of drug-likeness (QED) is 0.373. The van der Waals surface area contributed by atoms with Crippen LogP contribution in [0, 0.1) is 11.3 Å². The van der Waals surface area contributed by atoms with Gasteiger partial charge in [-0.15, -0.1) is 0 Å².